The van der Waals surface area contributed by atoms with E-state index in [0.717, 1.165) is 44.6 Å². The predicted molar refractivity (Wildman–Crippen MR) is 140 cm³/mol. The number of piperidine rings is 1. The lowest BCUT2D eigenvalue weighted by atomic mass is 9.90. The third kappa shape index (κ3) is 7.46. The molecule has 2 fully saturated rings. The fraction of sp³-hybridized carbons (Fsp3) is 0.536. The molecule has 0 unspecified atom stereocenters. The molecule has 0 saturated carbocycles. The van der Waals surface area contributed by atoms with Crippen LogP contribution >= 0.6 is 0 Å². The van der Waals surface area contributed by atoms with Gasteiger partial charge in [-0.05, 0) is 82.3 Å². The van der Waals surface area contributed by atoms with Crippen molar-refractivity contribution in [2.24, 2.45) is 5.92 Å². The first-order valence-corrected chi connectivity index (χ1v) is 13.3. The standard InChI is InChI=1S/C28H35F3N4O3/c1-20-4-6-21(7-5-20)17-22-10-14-33(15-11-22)13-2-3-27(36)34-16-12-24(19-34)32-23-8-9-26(35(37)38)25(18-23)28(29,30)31/h4-9,18,22,24,32H,2-3,10-17,19H2,1H3/t24-/m1/s1. The van der Waals surface area contributed by atoms with Crippen molar-refractivity contribution >= 4 is 17.3 Å². The number of anilines is 1. The zero-order valence-corrected chi connectivity index (χ0v) is 21.7. The van der Waals surface area contributed by atoms with Crippen molar-refractivity contribution in [1.29, 1.82) is 0 Å². The maximum absolute atomic E-state index is 13.3. The van der Waals surface area contributed by atoms with Crippen molar-refractivity contribution in [2.75, 3.05) is 38.0 Å². The SMILES string of the molecule is Cc1ccc(CC2CCN(CCCC(=O)N3CC[C@@H](Nc4ccc([N+](=O)[O-])c(C(F)(F)F)c4)C3)CC2)cc1. The zero-order chi connectivity index (χ0) is 27.3. The van der Waals surface area contributed by atoms with Gasteiger partial charge in [0.2, 0.25) is 5.91 Å². The maximum Gasteiger partial charge on any atom is 0.423 e. The molecule has 10 heteroatoms. The molecule has 38 heavy (non-hydrogen) atoms. The smallest absolute Gasteiger partial charge is 0.380 e. The van der Waals surface area contributed by atoms with Crippen LogP contribution in [-0.4, -0.2) is 59.4 Å². The summed E-state index contributed by atoms with van der Waals surface area (Å²) in [5.74, 6) is 0.760. The van der Waals surface area contributed by atoms with Gasteiger partial charge in [-0.3, -0.25) is 14.9 Å². The van der Waals surface area contributed by atoms with Gasteiger partial charge in [0.05, 0.1) is 4.92 Å². The summed E-state index contributed by atoms with van der Waals surface area (Å²) in [5, 5.41) is 14.0. The topological polar surface area (TPSA) is 78.7 Å². The number of nitro groups is 1. The Balaban J connectivity index is 1.17. The first-order chi connectivity index (χ1) is 18.1. The fourth-order valence-electron chi connectivity index (χ4n) is 5.44. The molecule has 2 heterocycles. The largest absolute Gasteiger partial charge is 0.423 e. The van der Waals surface area contributed by atoms with E-state index in [9.17, 15) is 28.1 Å². The van der Waals surface area contributed by atoms with Gasteiger partial charge in [-0.2, -0.15) is 13.2 Å². The Morgan fingerprint density at radius 3 is 2.45 bits per heavy atom. The molecule has 1 N–H and O–H groups in total. The van der Waals surface area contributed by atoms with E-state index in [1.165, 1.54) is 30.0 Å². The van der Waals surface area contributed by atoms with E-state index in [0.29, 0.717) is 31.8 Å². The van der Waals surface area contributed by atoms with Crippen LogP contribution in [0.2, 0.25) is 0 Å². The number of carbonyl (C=O) groups is 1. The van der Waals surface area contributed by atoms with Crippen molar-refractivity contribution in [3.05, 3.63) is 69.3 Å². The van der Waals surface area contributed by atoms with Gasteiger partial charge in [-0.1, -0.05) is 29.8 Å². The molecule has 0 bridgehead atoms. The van der Waals surface area contributed by atoms with Crippen molar-refractivity contribution < 1.29 is 22.9 Å². The summed E-state index contributed by atoms with van der Waals surface area (Å²) in [6.07, 6.45) is 0.472. The Morgan fingerprint density at radius 1 is 1.08 bits per heavy atom. The lowest BCUT2D eigenvalue weighted by Gasteiger charge is -2.32. The van der Waals surface area contributed by atoms with Crippen LogP contribution in [0.4, 0.5) is 24.5 Å². The van der Waals surface area contributed by atoms with Gasteiger partial charge in [-0.15, -0.1) is 0 Å². The Labute approximate surface area is 221 Å². The third-order valence-electron chi connectivity index (χ3n) is 7.63. The number of carbonyl (C=O) groups excluding carboxylic acids is 1. The van der Waals surface area contributed by atoms with Crippen LogP contribution < -0.4 is 5.32 Å². The monoisotopic (exact) mass is 532 g/mol. The molecule has 1 amide bonds. The molecule has 2 saturated heterocycles. The molecule has 7 nitrogen and oxygen atoms in total. The van der Waals surface area contributed by atoms with E-state index in [4.69, 9.17) is 0 Å². The number of halogens is 3. The number of alkyl halides is 3. The minimum atomic E-state index is -4.83. The van der Waals surface area contributed by atoms with Crippen LogP contribution in [0.5, 0.6) is 0 Å². The minimum Gasteiger partial charge on any atom is -0.380 e. The quantitative estimate of drug-likeness (QED) is 0.333. The molecule has 0 spiro atoms. The molecular formula is C28H35F3N4O3. The molecule has 206 valence electrons. The molecule has 2 aliphatic heterocycles. The Kier molecular flexibility index (Phi) is 8.91. The summed E-state index contributed by atoms with van der Waals surface area (Å²) in [5.41, 5.74) is 0.586. The first kappa shape index (κ1) is 27.9. The van der Waals surface area contributed by atoms with Crippen molar-refractivity contribution in [3.8, 4) is 0 Å². The molecule has 0 aliphatic carbocycles. The highest BCUT2D eigenvalue weighted by molar-refractivity contribution is 5.76. The van der Waals surface area contributed by atoms with Crippen molar-refractivity contribution in [1.82, 2.24) is 9.80 Å². The van der Waals surface area contributed by atoms with E-state index in [2.05, 4.69) is 41.4 Å². The number of nitrogens with zero attached hydrogens (tertiary/aromatic N) is 3. The lowest BCUT2D eigenvalue weighted by molar-refractivity contribution is -0.388. The number of benzene rings is 2. The second-order valence-electron chi connectivity index (χ2n) is 10.5. The highest BCUT2D eigenvalue weighted by Crippen LogP contribution is 2.38. The van der Waals surface area contributed by atoms with Crippen molar-refractivity contribution in [2.45, 2.75) is 57.7 Å². The molecule has 2 aliphatic rings. The predicted octanol–water partition coefficient (Wildman–Crippen LogP) is 5.67. The molecular weight excluding hydrogens is 497 g/mol. The Morgan fingerprint density at radius 2 is 1.79 bits per heavy atom. The minimum absolute atomic E-state index is 0.0586. The van der Waals surface area contributed by atoms with Gasteiger partial charge in [0.25, 0.3) is 5.69 Å². The first-order valence-electron chi connectivity index (χ1n) is 13.3. The Bertz CT molecular complexity index is 1120. The van der Waals surface area contributed by atoms with Crippen molar-refractivity contribution in [3.63, 3.8) is 0 Å². The third-order valence-corrected chi connectivity index (χ3v) is 7.63. The lowest BCUT2D eigenvalue weighted by Crippen LogP contribution is -2.36. The molecule has 2 aromatic rings. The maximum atomic E-state index is 13.3. The summed E-state index contributed by atoms with van der Waals surface area (Å²) in [6.45, 7) is 6.04. The van der Waals surface area contributed by atoms with Gasteiger partial charge >= 0.3 is 6.18 Å². The van der Waals surface area contributed by atoms with Crippen LogP contribution in [0.25, 0.3) is 0 Å². The van der Waals surface area contributed by atoms with Gasteiger partial charge in [0.15, 0.2) is 0 Å². The number of amides is 1. The summed E-state index contributed by atoms with van der Waals surface area (Å²) < 4.78 is 39.8. The summed E-state index contributed by atoms with van der Waals surface area (Å²) in [4.78, 5) is 26.8. The highest BCUT2D eigenvalue weighted by atomic mass is 19.4. The highest BCUT2D eigenvalue weighted by Gasteiger charge is 2.38. The summed E-state index contributed by atoms with van der Waals surface area (Å²) >= 11 is 0. The Hall–Kier alpha value is -3.14. The number of nitro benzene ring substituents is 1. The molecule has 2 aromatic carbocycles. The average Bonchev–Trinajstić information content (AvgIpc) is 3.34. The number of nitrogens with one attached hydrogen (secondary N) is 1. The summed E-state index contributed by atoms with van der Waals surface area (Å²) in [6, 6.07) is 11.5. The molecule has 1 atom stereocenters. The molecule has 0 radical (unpaired) electrons. The van der Waals surface area contributed by atoms with E-state index in [1.807, 2.05) is 0 Å². The van der Waals surface area contributed by atoms with Gasteiger partial charge in [0.1, 0.15) is 5.56 Å². The number of likely N-dealkylation sites (tertiary alicyclic amines) is 2. The number of aryl methyl sites for hydroxylation is 1. The second kappa shape index (κ2) is 12.1. The van der Waals surface area contributed by atoms with E-state index >= 15 is 0 Å². The fourth-order valence-corrected chi connectivity index (χ4v) is 5.44. The van der Waals surface area contributed by atoms with Crippen LogP contribution in [0.15, 0.2) is 42.5 Å². The summed E-state index contributed by atoms with van der Waals surface area (Å²) in [7, 11) is 0. The van der Waals surface area contributed by atoms with Crippen LogP contribution in [0, 0.1) is 23.0 Å². The number of hydrogen-bond acceptors (Lipinski definition) is 5. The normalized spacial score (nSPS) is 19.1. The van der Waals surface area contributed by atoms with Crippen LogP contribution in [-0.2, 0) is 17.4 Å². The van der Waals surface area contributed by atoms with Gasteiger partial charge in [-0.25, -0.2) is 0 Å². The number of rotatable bonds is 9. The molecule has 4 rings (SSSR count). The van der Waals surface area contributed by atoms with Crippen LogP contribution in [0.3, 0.4) is 0 Å². The molecule has 0 aromatic heterocycles. The second-order valence-corrected chi connectivity index (χ2v) is 10.5. The van der Waals surface area contributed by atoms with Gasteiger partial charge < -0.3 is 15.1 Å². The number of hydrogen-bond donors (Lipinski definition) is 1. The zero-order valence-electron chi connectivity index (χ0n) is 21.7. The van der Waals surface area contributed by atoms with Gasteiger partial charge in [0, 0.05) is 37.3 Å². The van der Waals surface area contributed by atoms with E-state index < -0.39 is 22.4 Å². The van der Waals surface area contributed by atoms with Crippen LogP contribution in [0.1, 0.15) is 48.8 Å². The average molecular weight is 533 g/mol. The van der Waals surface area contributed by atoms with E-state index in [1.54, 1.807) is 4.90 Å². The van der Waals surface area contributed by atoms with E-state index in [-0.39, 0.29) is 17.6 Å².